The number of amides is 2. The van der Waals surface area contributed by atoms with Crippen molar-refractivity contribution < 1.29 is 22.8 Å². The van der Waals surface area contributed by atoms with Crippen LogP contribution in [0, 0.1) is 5.92 Å². The quantitative estimate of drug-likeness (QED) is 0.782. The summed E-state index contributed by atoms with van der Waals surface area (Å²) in [6, 6.07) is 4.18. The molecule has 9 heteroatoms. The van der Waals surface area contributed by atoms with Crippen LogP contribution < -0.4 is 5.32 Å². The van der Waals surface area contributed by atoms with Crippen molar-refractivity contribution in [3.8, 4) is 0 Å². The molecular formula is C22H25F3N4O2. The summed E-state index contributed by atoms with van der Waals surface area (Å²) in [5, 5.41) is 2.81. The molecule has 1 aromatic heterocycles. The zero-order valence-electron chi connectivity index (χ0n) is 17.7. The summed E-state index contributed by atoms with van der Waals surface area (Å²) in [4.78, 5) is 35.3. The smallest absolute Gasteiger partial charge is 0.339 e. The zero-order valence-corrected chi connectivity index (χ0v) is 17.7. The number of hydrogen-bond donors (Lipinski definition) is 1. The van der Waals surface area contributed by atoms with Gasteiger partial charge in [-0.25, -0.2) is 9.97 Å². The lowest BCUT2D eigenvalue weighted by molar-refractivity contribution is -0.137. The third-order valence-electron chi connectivity index (χ3n) is 5.20. The van der Waals surface area contributed by atoms with Crippen LogP contribution >= 0.6 is 0 Å². The van der Waals surface area contributed by atoms with Crippen molar-refractivity contribution in [3.63, 3.8) is 0 Å². The number of halogens is 3. The molecule has 0 saturated carbocycles. The maximum atomic E-state index is 12.7. The minimum absolute atomic E-state index is 0.159. The number of benzene rings is 1. The van der Waals surface area contributed by atoms with E-state index in [0.29, 0.717) is 37.4 Å². The van der Waals surface area contributed by atoms with E-state index < -0.39 is 11.7 Å². The highest BCUT2D eigenvalue weighted by Crippen LogP contribution is 2.29. The number of likely N-dealkylation sites (tertiary alicyclic amines) is 1. The minimum atomic E-state index is -4.44. The lowest BCUT2D eigenvalue weighted by Gasteiger charge is -2.31. The number of piperidine rings is 1. The summed E-state index contributed by atoms with van der Waals surface area (Å²) in [5.74, 6) is -0.0768. The molecule has 0 unspecified atom stereocenters. The number of hydrogen-bond acceptors (Lipinski definition) is 4. The average Bonchev–Trinajstić information content (AvgIpc) is 2.72. The van der Waals surface area contributed by atoms with Gasteiger partial charge >= 0.3 is 6.18 Å². The van der Waals surface area contributed by atoms with Crippen molar-refractivity contribution >= 4 is 17.5 Å². The molecular weight excluding hydrogens is 409 g/mol. The van der Waals surface area contributed by atoms with Gasteiger partial charge in [-0.15, -0.1) is 0 Å². The topological polar surface area (TPSA) is 75.2 Å². The van der Waals surface area contributed by atoms with Crippen molar-refractivity contribution in [2.45, 2.75) is 45.2 Å². The van der Waals surface area contributed by atoms with Crippen LogP contribution in [0.2, 0.25) is 0 Å². The first-order valence-corrected chi connectivity index (χ1v) is 10.0. The van der Waals surface area contributed by atoms with Crippen LogP contribution in [-0.2, 0) is 16.4 Å². The zero-order chi connectivity index (χ0) is 22.8. The molecule has 2 aromatic rings. The number of nitrogens with one attached hydrogen (secondary N) is 1. The van der Waals surface area contributed by atoms with Crippen molar-refractivity contribution in [2.24, 2.45) is 5.92 Å². The number of rotatable bonds is 3. The summed E-state index contributed by atoms with van der Waals surface area (Å²) < 4.78 is 38.0. The number of carbonyl (C=O) groups excluding carboxylic acids is 2. The van der Waals surface area contributed by atoms with Gasteiger partial charge < -0.3 is 10.2 Å². The lowest BCUT2D eigenvalue weighted by Crippen LogP contribution is -2.41. The van der Waals surface area contributed by atoms with E-state index in [9.17, 15) is 22.8 Å². The molecule has 2 amide bonds. The van der Waals surface area contributed by atoms with Crippen LogP contribution in [0.1, 0.15) is 55.4 Å². The van der Waals surface area contributed by atoms with E-state index >= 15 is 0 Å². The Morgan fingerprint density at radius 3 is 2.03 bits per heavy atom. The number of alkyl halides is 3. The van der Waals surface area contributed by atoms with Crippen LogP contribution in [0.3, 0.4) is 0 Å². The fourth-order valence-electron chi connectivity index (χ4n) is 3.35. The van der Waals surface area contributed by atoms with Gasteiger partial charge in [-0.3, -0.25) is 9.59 Å². The molecule has 0 atom stereocenters. The van der Waals surface area contributed by atoms with Gasteiger partial charge in [0, 0.05) is 30.0 Å². The highest BCUT2D eigenvalue weighted by molar-refractivity contribution is 5.95. The fraction of sp³-hybridized carbons (Fsp3) is 0.455. The largest absolute Gasteiger partial charge is 0.416 e. The van der Waals surface area contributed by atoms with Gasteiger partial charge in [0.2, 0.25) is 5.91 Å². The molecule has 6 nitrogen and oxygen atoms in total. The summed E-state index contributed by atoms with van der Waals surface area (Å²) >= 11 is 0. The molecule has 1 aliphatic rings. The number of anilines is 1. The van der Waals surface area contributed by atoms with E-state index in [1.54, 1.807) is 17.3 Å². The molecule has 166 valence electrons. The summed E-state index contributed by atoms with van der Waals surface area (Å²) in [6.07, 6.45) is -0.340. The van der Waals surface area contributed by atoms with E-state index in [4.69, 9.17) is 0 Å². The van der Waals surface area contributed by atoms with E-state index in [2.05, 4.69) is 15.3 Å². The van der Waals surface area contributed by atoms with E-state index in [0.717, 1.165) is 12.1 Å². The van der Waals surface area contributed by atoms with Gasteiger partial charge in [-0.1, -0.05) is 20.8 Å². The molecule has 1 aromatic carbocycles. The molecule has 3 rings (SSSR count). The third-order valence-corrected chi connectivity index (χ3v) is 5.20. The summed E-state index contributed by atoms with van der Waals surface area (Å²) in [6.45, 7) is 6.72. The first-order valence-electron chi connectivity index (χ1n) is 10.0. The summed E-state index contributed by atoms with van der Waals surface area (Å²) in [5.41, 5.74) is -0.262. The number of aromatic nitrogens is 2. The Balaban J connectivity index is 1.54. The predicted octanol–water partition coefficient (Wildman–Crippen LogP) is 4.28. The van der Waals surface area contributed by atoms with Crippen LogP contribution in [0.4, 0.5) is 18.9 Å². The molecule has 1 N–H and O–H groups in total. The second-order valence-corrected chi connectivity index (χ2v) is 8.68. The Morgan fingerprint density at radius 1 is 1.00 bits per heavy atom. The van der Waals surface area contributed by atoms with Gasteiger partial charge in [-0.2, -0.15) is 13.2 Å². The van der Waals surface area contributed by atoms with Crippen LogP contribution in [0.25, 0.3) is 0 Å². The third kappa shape index (κ3) is 5.59. The van der Waals surface area contributed by atoms with Crippen molar-refractivity contribution in [1.29, 1.82) is 0 Å². The Labute approximate surface area is 178 Å². The standard InChI is InChI=1S/C22H25F3N4O2/c1-21(2,3)20-26-12-17(13-27-20)28-18(30)14-8-10-29(11-9-14)19(31)15-4-6-16(7-5-15)22(23,24)25/h4-7,12-14H,8-11H2,1-3H3,(H,28,30). The Hall–Kier alpha value is -2.97. The molecule has 0 spiro atoms. The van der Waals surface area contributed by atoms with Crippen LogP contribution in [0.5, 0.6) is 0 Å². The Morgan fingerprint density at radius 2 is 1.55 bits per heavy atom. The molecule has 1 aliphatic heterocycles. The van der Waals surface area contributed by atoms with E-state index in [1.807, 2.05) is 20.8 Å². The molecule has 2 heterocycles. The average molecular weight is 434 g/mol. The second kappa shape index (κ2) is 8.64. The maximum Gasteiger partial charge on any atom is 0.416 e. The van der Waals surface area contributed by atoms with Gasteiger partial charge in [0.25, 0.3) is 5.91 Å². The SMILES string of the molecule is CC(C)(C)c1ncc(NC(=O)C2CCN(C(=O)c3ccc(C(F)(F)F)cc3)CC2)cn1. The van der Waals surface area contributed by atoms with Crippen LogP contribution in [-0.4, -0.2) is 39.8 Å². The number of carbonyl (C=O) groups is 2. The first-order chi connectivity index (χ1) is 14.4. The van der Waals surface area contributed by atoms with Gasteiger partial charge in [0.15, 0.2) is 0 Å². The molecule has 31 heavy (non-hydrogen) atoms. The van der Waals surface area contributed by atoms with Crippen molar-refractivity contribution in [1.82, 2.24) is 14.9 Å². The van der Waals surface area contributed by atoms with Crippen molar-refractivity contribution in [3.05, 3.63) is 53.6 Å². The fourth-order valence-corrected chi connectivity index (χ4v) is 3.35. The van der Waals surface area contributed by atoms with Crippen molar-refractivity contribution in [2.75, 3.05) is 18.4 Å². The number of nitrogens with zero attached hydrogens (tertiary/aromatic N) is 3. The molecule has 1 fully saturated rings. The lowest BCUT2D eigenvalue weighted by atomic mass is 9.95. The second-order valence-electron chi connectivity index (χ2n) is 8.68. The molecule has 0 aliphatic carbocycles. The summed E-state index contributed by atoms with van der Waals surface area (Å²) in [7, 11) is 0. The minimum Gasteiger partial charge on any atom is -0.339 e. The molecule has 0 bridgehead atoms. The van der Waals surface area contributed by atoms with Gasteiger partial charge in [-0.05, 0) is 37.1 Å². The van der Waals surface area contributed by atoms with E-state index in [1.165, 1.54) is 12.1 Å². The Bertz CT molecular complexity index is 927. The highest BCUT2D eigenvalue weighted by Gasteiger charge is 2.31. The first kappa shape index (κ1) is 22.7. The Kier molecular flexibility index (Phi) is 6.33. The molecule has 1 saturated heterocycles. The monoisotopic (exact) mass is 434 g/mol. The normalized spacial score (nSPS) is 15.6. The molecule has 0 radical (unpaired) electrons. The predicted molar refractivity (Wildman–Crippen MR) is 109 cm³/mol. The van der Waals surface area contributed by atoms with E-state index in [-0.39, 0.29) is 28.7 Å². The van der Waals surface area contributed by atoms with Gasteiger partial charge in [0.1, 0.15) is 5.82 Å². The van der Waals surface area contributed by atoms with Gasteiger partial charge in [0.05, 0.1) is 23.6 Å². The highest BCUT2D eigenvalue weighted by atomic mass is 19.4. The van der Waals surface area contributed by atoms with Crippen LogP contribution in [0.15, 0.2) is 36.7 Å². The maximum absolute atomic E-state index is 12.7.